The smallest absolute Gasteiger partial charge is 0.290 e. The van der Waals surface area contributed by atoms with Crippen LogP contribution in [0.3, 0.4) is 0 Å². The second-order valence-corrected chi connectivity index (χ2v) is 8.98. The molecule has 4 heterocycles. The van der Waals surface area contributed by atoms with Crippen molar-refractivity contribution < 1.29 is 14.7 Å². The molecule has 0 aliphatic carbocycles. The fraction of sp³-hybridized carbons (Fsp3) is 0.542. The number of nitrogens with one attached hydrogen (secondary N) is 1. The highest BCUT2D eigenvalue weighted by Gasteiger charge is 2.60. The van der Waals surface area contributed by atoms with Crippen molar-refractivity contribution in [2.45, 2.75) is 63.6 Å². The van der Waals surface area contributed by atoms with Crippen molar-refractivity contribution in [1.29, 1.82) is 0 Å². The van der Waals surface area contributed by atoms with Gasteiger partial charge in [-0.15, -0.1) is 0 Å². The highest BCUT2D eigenvalue weighted by molar-refractivity contribution is 5.85. The summed E-state index contributed by atoms with van der Waals surface area (Å²) >= 11 is 0. The molecule has 2 bridgehead atoms. The van der Waals surface area contributed by atoms with Gasteiger partial charge in [0.15, 0.2) is 0 Å². The molecule has 2 aromatic rings. The maximum absolute atomic E-state index is 13.9. The van der Waals surface area contributed by atoms with E-state index in [1.165, 1.54) is 18.4 Å². The molecule has 3 atom stereocenters. The number of amides is 1. The number of aromatic amines is 1. The zero-order valence-electron chi connectivity index (χ0n) is 17.9. The zero-order valence-corrected chi connectivity index (χ0v) is 17.9. The van der Waals surface area contributed by atoms with Gasteiger partial charge in [-0.25, -0.2) is 4.98 Å². The van der Waals surface area contributed by atoms with Crippen molar-refractivity contribution >= 4 is 12.4 Å². The standard InChI is InChI=1S/C23H30N4O.CH2O2/c28-22(26-11-5-2-6-12-26)23(13-18-7-3-1-4-8-18)14-20-9-10-21(23)27(20)16-19-15-24-17-25-19;2-1-3/h1,3-4,7-8,15,17,20-21H,2,5-6,9-14,16H2,(H,24,25);1H,(H,2,3)/t20-,21+,23+;/m0./s1. The zero-order chi connectivity index (χ0) is 21.7. The minimum atomic E-state index is -0.276. The maximum atomic E-state index is 13.9. The van der Waals surface area contributed by atoms with Gasteiger partial charge in [0.2, 0.25) is 5.91 Å². The fourth-order valence-electron chi connectivity index (χ4n) is 5.98. The molecule has 3 aliphatic rings. The number of carbonyl (C=O) groups excluding carboxylic acids is 1. The van der Waals surface area contributed by atoms with Gasteiger partial charge in [-0.2, -0.15) is 0 Å². The van der Waals surface area contributed by atoms with Crippen LogP contribution in [0, 0.1) is 5.41 Å². The monoisotopic (exact) mass is 424 g/mol. The van der Waals surface area contributed by atoms with Gasteiger partial charge in [0, 0.05) is 43.6 Å². The molecule has 7 nitrogen and oxygen atoms in total. The quantitative estimate of drug-likeness (QED) is 0.720. The molecular weight excluding hydrogens is 392 g/mol. The molecule has 166 valence electrons. The normalized spacial score (nSPS) is 27.5. The lowest BCUT2D eigenvalue weighted by atomic mass is 9.68. The van der Waals surface area contributed by atoms with E-state index in [1.807, 2.05) is 6.20 Å². The lowest BCUT2D eigenvalue weighted by Crippen LogP contribution is -2.53. The molecule has 0 unspecified atom stereocenters. The molecular formula is C24H32N4O3. The number of aromatic nitrogens is 2. The largest absolute Gasteiger partial charge is 0.483 e. The Balaban J connectivity index is 0.000000730. The molecule has 0 radical (unpaired) electrons. The summed E-state index contributed by atoms with van der Waals surface area (Å²) in [5, 5.41) is 6.89. The number of imidazole rings is 1. The van der Waals surface area contributed by atoms with E-state index in [1.54, 1.807) is 6.33 Å². The number of carbonyl (C=O) groups is 2. The number of hydrogen-bond acceptors (Lipinski definition) is 4. The number of carboxylic acid groups (broad SMARTS) is 1. The SMILES string of the molecule is O=C(N1CCCCC1)[C@]1(Cc2ccccc2)C[C@@H]2CC[C@H]1N2Cc1cnc[nH]1.O=CO. The predicted molar refractivity (Wildman–Crippen MR) is 117 cm³/mol. The van der Waals surface area contributed by atoms with E-state index in [0.717, 1.165) is 57.4 Å². The van der Waals surface area contributed by atoms with Crippen molar-refractivity contribution in [3.05, 3.63) is 54.1 Å². The lowest BCUT2D eigenvalue weighted by Gasteiger charge is -2.41. The van der Waals surface area contributed by atoms with Gasteiger partial charge in [0.25, 0.3) is 6.47 Å². The van der Waals surface area contributed by atoms with Gasteiger partial charge in [-0.1, -0.05) is 30.3 Å². The number of nitrogens with zero attached hydrogens (tertiary/aromatic N) is 3. The van der Waals surface area contributed by atoms with Crippen LogP contribution in [0.1, 0.15) is 49.8 Å². The summed E-state index contributed by atoms with van der Waals surface area (Å²) in [4.78, 5) is 34.5. The van der Waals surface area contributed by atoms with Crippen LogP contribution in [0.5, 0.6) is 0 Å². The minimum absolute atomic E-state index is 0.250. The van der Waals surface area contributed by atoms with Crippen molar-refractivity contribution in [2.24, 2.45) is 5.41 Å². The van der Waals surface area contributed by atoms with Gasteiger partial charge in [-0.3, -0.25) is 14.5 Å². The van der Waals surface area contributed by atoms with E-state index in [9.17, 15) is 4.79 Å². The first-order valence-corrected chi connectivity index (χ1v) is 11.3. The Hall–Kier alpha value is -2.67. The molecule has 3 fully saturated rings. The van der Waals surface area contributed by atoms with E-state index in [4.69, 9.17) is 9.90 Å². The molecule has 3 saturated heterocycles. The number of H-pyrrole nitrogens is 1. The van der Waals surface area contributed by atoms with Crippen molar-refractivity contribution in [3.63, 3.8) is 0 Å². The molecule has 0 saturated carbocycles. The van der Waals surface area contributed by atoms with Crippen LogP contribution in [0.15, 0.2) is 42.9 Å². The summed E-state index contributed by atoms with van der Waals surface area (Å²) in [5.74, 6) is 0.415. The summed E-state index contributed by atoms with van der Waals surface area (Å²) < 4.78 is 0. The summed E-state index contributed by atoms with van der Waals surface area (Å²) in [6.45, 7) is 2.50. The number of hydrogen-bond donors (Lipinski definition) is 2. The molecule has 31 heavy (non-hydrogen) atoms. The van der Waals surface area contributed by atoms with Crippen LogP contribution in [0.4, 0.5) is 0 Å². The Kier molecular flexibility index (Phi) is 6.70. The van der Waals surface area contributed by atoms with Crippen molar-refractivity contribution in [1.82, 2.24) is 19.8 Å². The van der Waals surface area contributed by atoms with Crippen LogP contribution in [0.25, 0.3) is 0 Å². The van der Waals surface area contributed by atoms with Crippen LogP contribution < -0.4 is 0 Å². The molecule has 1 amide bonds. The second-order valence-electron chi connectivity index (χ2n) is 8.98. The van der Waals surface area contributed by atoms with E-state index in [0.29, 0.717) is 18.0 Å². The van der Waals surface area contributed by atoms with E-state index in [-0.39, 0.29) is 11.9 Å². The first-order chi connectivity index (χ1) is 15.2. The lowest BCUT2D eigenvalue weighted by molar-refractivity contribution is -0.145. The minimum Gasteiger partial charge on any atom is -0.483 e. The third-order valence-corrected chi connectivity index (χ3v) is 7.22. The van der Waals surface area contributed by atoms with Crippen LogP contribution in [0.2, 0.25) is 0 Å². The van der Waals surface area contributed by atoms with Gasteiger partial charge >= 0.3 is 0 Å². The van der Waals surface area contributed by atoms with Gasteiger partial charge in [0.1, 0.15) is 0 Å². The average Bonchev–Trinajstić information content (AvgIpc) is 3.52. The molecule has 0 spiro atoms. The van der Waals surface area contributed by atoms with Crippen LogP contribution >= 0.6 is 0 Å². The van der Waals surface area contributed by atoms with E-state index < -0.39 is 0 Å². The Morgan fingerprint density at radius 1 is 1.19 bits per heavy atom. The Labute approximate surface area is 183 Å². The highest BCUT2D eigenvalue weighted by Crippen LogP contribution is 2.53. The third-order valence-electron chi connectivity index (χ3n) is 7.22. The summed E-state index contributed by atoms with van der Waals surface area (Å²) in [6.07, 6.45) is 11.4. The van der Waals surface area contributed by atoms with E-state index in [2.05, 4.69) is 50.1 Å². The third kappa shape index (κ3) is 4.37. The second kappa shape index (κ2) is 9.64. The molecule has 1 aromatic heterocycles. The van der Waals surface area contributed by atoms with Gasteiger partial charge in [0.05, 0.1) is 11.7 Å². The molecule has 7 heteroatoms. The van der Waals surface area contributed by atoms with E-state index >= 15 is 0 Å². The molecule has 3 aliphatic heterocycles. The topological polar surface area (TPSA) is 89.5 Å². The predicted octanol–water partition coefficient (Wildman–Crippen LogP) is 3.09. The van der Waals surface area contributed by atoms with Gasteiger partial charge in [-0.05, 0) is 50.5 Å². The molecule has 5 rings (SSSR count). The summed E-state index contributed by atoms with van der Waals surface area (Å²) in [5.41, 5.74) is 2.17. The number of likely N-dealkylation sites (tertiary alicyclic amines) is 1. The molecule has 2 N–H and O–H groups in total. The van der Waals surface area contributed by atoms with Gasteiger partial charge < -0.3 is 15.0 Å². The Bertz CT molecular complexity index is 851. The van der Waals surface area contributed by atoms with Crippen molar-refractivity contribution in [2.75, 3.05) is 13.1 Å². The number of piperidine rings is 1. The highest BCUT2D eigenvalue weighted by atomic mass is 16.3. The number of benzene rings is 1. The summed E-state index contributed by atoms with van der Waals surface area (Å²) in [6, 6.07) is 11.5. The fourth-order valence-corrected chi connectivity index (χ4v) is 5.98. The maximum Gasteiger partial charge on any atom is 0.290 e. The average molecular weight is 425 g/mol. The van der Waals surface area contributed by atoms with Crippen molar-refractivity contribution in [3.8, 4) is 0 Å². The Morgan fingerprint density at radius 3 is 2.61 bits per heavy atom. The van der Waals surface area contributed by atoms with Crippen LogP contribution in [-0.4, -0.2) is 62.4 Å². The number of fused-ring (bicyclic) bond motifs is 2. The first-order valence-electron chi connectivity index (χ1n) is 11.3. The number of rotatable bonds is 5. The first kappa shape index (κ1) is 21.6. The Morgan fingerprint density at radius 2 is 1.94 bits per heavy atom. The summed E-state index contributed by atoms with van der Waals surface area (Å²) in [7, 11) is 0. The molecule has 1 aromatic carbocycles. The van der Waals surface area contributed by atoms with Crippen LogP contribution in [-0.2, 0) is 22.6 Å².